The number of likely N-dealkylation sites (tertiary alicyclic amines) is 1. The summed E-state index contributed by atoms with van der Waals surface area (Å²) >= 11 is 14.9. The highest BCUT2D eigenvalue weighted by Gasteiger charge is 2.25. The van der Waals surface area contributed by atoms with Crippen molar-refractivity contribution in [3.05, 3.63) is 20.6 Å². The monoisotopic (exact) mass is 361 g/mol. The van der Waals surface area contributed by atoms with Crippen molar-refractivity contribution in [1.29, 1.82) is 0 Å². The summed E-state index contributed by atoms with van der Waals surface area (Å²) in [5.74, 6) is 0.442. The molecule has 1 aliphatic rings. The number of hydrogen-bond donors (Lipinski definition) is 0. The number of hydrogen-bond acceptors (Lipinski definition) is 5. The lowest BCUT2D eigenvalue weighted by Gasteiger charge is -2.30. The van der Waals surface area contributed by atoms with Crippen LogP contribution in [0.4, 0.5) is 0 Å². The molecule has 1 atom stereocenters. The van der Waals surface area contributed by atoms with Crippen molar-refractivity contribution >= 4 is 52.0 Å². The van der Waals surface area contributed by atoms with Crippen LogP contribution < -0.4 is 0 Å². The van der Waals surface area contributed by atoms with Crippen LogP contribution in [0.25, 0.3) is 10.6 Å². The molecule has 4 nitrogen and oxygen atoms in total. The van der Waals surface area contributed by atoms with Crippen molar-refractivity contribution in [2.45, 2.75) is 25.7 Å². The van der Waals surface area contributed by atoms with E-state index < -0.39 is 0 Å². The highest BCUT2D eigenvalue weighted by atomic mass is 35.5. The quantitative estimate of drug-likeness (QED) is 0.800. The first-order chi connectivity index (χ1) is 10.1. The average Bonchev–Trinajstić information content (AvgIpc) is 3.07. The Bertz CT molecular complexity index is 670. The number of carbonyl (C=O) groups excluding carboxylic acids is 1. The van der Waals surface area contributed by atoms with Crippen LogP contribution in [-0.4, -0.2) is 33.3 Å². The Balaban J connectivity index is 1.82. The van der Waals surface area contributed by atoms with E-state index in [4.69, 9.17) is 23.2 Å². The Labute approximate surface area is 140 Å². The molecule has 21 heavy (non-hydrogen) atoms. The fraction of sp³-hybridized carbons (Fsp3) is 0.462. The van der Waals surface area contributed by atoms with Gasteiger partial charge in [-0.15, -0.1) is 11.3 Å². The molecular formula is C13H13Cl2N3OS2. The molecule has 0 saturated carbocycles. The fourth-order valence-corrected chi connectivity index (χ4v) is 4.66. The molecule has 1 unspecified atom stereocenters. The van der Waals surface area contributed by atoms with Crippen LogP contribution in [0, 0.1) is 0 Å². The SMILES string of the molecule is CC(=O)N1CCCC(c2nc(-c3snc(Cl)c3Cl)cs2)C1. The van der Waals surface area contributed by atoms with E-state index in [9.17, 15) is 4.79 Å². The van der Waals surface area contributed by atoms with E-state index >= 15 is 0 Å². The number of nitrogens with zero attached hydrogens (tertiary/aromatic N) is 3. The van der Waals surface area contributed by atoms with Gasteiger partial charge in [-0.3, -0.25) is 4.79 Å². The maximum Gasteiger partial charge on any atom is 0.219 e. The maximum absolute atomic E-state index is 11.5. The summed E-state index contributed by atoms with van der Waals surface area (Å²) in [6.45, 7) is 3.22. The molecule has 1 fully saturated rings. The molecule has 1 amide bonds. The third-order valence-corrected chi connectivity index (χ3v) is 6.40. The summed E-state index contributed by atoms with van der Waals surface area (Å²) in [5, 5.41) is 3.83. The minimum Gasteiger partial charge on any atom is -0.342 e. The minimum absolute atomic E-state index is 0.133. The van der Waals surface area contributed by atoms with Crippen molar-refractivity contribution in [3.8, 4) is 10.6 Å². The number of halogens is 2. The molecule has 0 radical (unpaired) electrons. The Morgan fingerprint density at radius 2 is 2.29 bits per heavy atom. The van der Waals surface area contributed by atoms with Crippen molar-refractivity contribution in [3.63, 3.8) is 0 Å². The van der Waals surface area contributed by atoms with Crippen LogP contribution in [0.5, 0.6) is 0 Å². The van der Waals surface area contributed by atoms with E-state index in [1.165, 1.54) is 11.5 Å². The normalized spacial score (nSPS) is 19.0. The largest absolute Gasteiger partial charge is 0.342 e. The fourth-order valence-electron chi connectivity index (χ4n) is 2.46. The van der Waals surface area contributed by atoms with Gasteiger partial charge < -0.3 is 4.90 Å². The van der Waals surface area contributed by atoms with Gasteiger partial charge in [0.15, 0.2) is 5.15 Å². The van der Waals surface area contributed by atoms with E-state index in [0.29, 0.717) is 16.1 Å². The first kappa shape index (κ1) is 15.2. The van der Waals surface area contributed by atoms with Gasteiger partial charge in [-0.05, 0) is 24.4 Å². The van der Waals surface area contributed by atoms with E-state index in [-0.39, 0.29) is 5.91 Å². The standard InChI is InChI=1S/C13H13Cl2N3OS2/c1-7(19)18-4-2-3-8(5-18)13-16-9(6-20-13)11-10(14)12(15)17-21-11/h6,8H,2-5H2,1H3. The van der Waals surface area contributed by atoms with Gasteiger partial charge in [-0.2, -0.15) is 4.37 Å². The summed E-state index contributed by atoms with van der Waals surface area (Å²) in [7, 11) is 0. The second-order valence-electron chi connectivity index (χ2n) is 4.99. The van der Waals surface area contributed by atoms with Gasteiger partial charge in [0.2, 0.25) is 5.91 Å². The van der Waals surface area contributed by atoms with Gasteiger partial charge in [0.1, 0.15) is 0 Å². The zero-order valence-electron chi connectivity index (χ0n) is 11.3. The first-order valence-electron chi connectivity index (χ1n) is 6.58. The Morgan fingerprint density at radius 3 is 2.95 bits per heavy atom. The first-order valence-corrected chi connectivity index (χ1v) is 8.99. The number of aromatic nitrogens is 2. The lowest BCUT2D eigenvalue weighted by atomic mass is 9.99. The minimum atomic E-state index is 0.133. The Morgan fingerprint density at radius 1 is 1.48 bits per heavy atom. The molecule has 2 aromatic rings. The van der Waals surface area contributed by atoms with E-state index in [1.54, 1.807) is 18.3 Å². The van der Waals surface area contributed by atoms with Crippen LogP contribution in [0.2, 0.25) is 10.2 Å². The smallest absolute Gasteiger partial charge is 0.219 e. The molecule has 0 bridgehead atoms. The predicted octanol–water partition coefficient (Wildman–Crippen LogP) is 4.30. The average molecular weight is 362 g/mol. The molecular weight excluding hydrogens is 349 g/mol. The van der Waals surface area contributed by atoms with Gasteiger partial charge in [-0.25, -0.2) is 4.98 Å². The van der Waals surface area contributed by atoms with Crippen molar-refractivity contribution < 1.29 is 4.79 Å². The van der Waals surface area contributed by atoms with Crippen LogP contribution in [0.15, 0.2) is 5.38 Å². The molecule has 3 heterocycles. The van der Waals surface area contributed by atoms with Gasteiger partial charge >= 0.3 is 0 Å². The van der Waals surface area contributed by atoms with Gasteiger partial charge in [0.25, 0.3) is 0 Å². The molecule has 0 N–H and O–H groups in total. The predicted molar refractivity (Wildman–Crippen MR) is 87.5 cm³/mol. The van der Waals surface area contributed by atoms with Crippen LogP contribution in [-0.2, 0) is 4.79 Å². The zero-order chi connectivity index (χ0) is 15.0. The zero-order valence-corrected chi connectivity index (χ0v) is 14.5. The molecule has 0 spiro atoms. The van der Waals surface area contributed by atoms with Crippen molar-refractivity contribution in [2.24, 2.45) is 0 Å². The van der Waals surface area contributed by atoms with Gasteiger partial charge in [-0.1, -0.05) is 23.2 Å². The summed E-state index contributed by atoms with van der Waals surface area (Å²) in [6.07, 6.45) is 2.08. The summed E-state index contributed by atoms with van der Waals surface area (Å²) in [4.78, 5) is 18.9. The Kier molecular flexibility index (Phi) is 4.49. The number of amides is 1. The number of rotatable bonds is 2. The van der Waals surface area contributed by atoms with E-state index in [0.717, 1.165) is 41.5 Å². The molecule has 3 rings (SSSR count). The van der Waals surface area contributed by atoms with Gasteiger partial charge in [0, 0.05) is 31.3 Å². The number of carbonyl (C=O) groups is 1. The molecule has 112 valence electrons. The Hall–Kier alpha value is -0.690. The third-order valence-electron chi connectivity index (χ3n) is 3.57. The van der Waals surface area contributed by atoms with Crippen LogP contribution in [0.3, 0.4) is 0 Å². The number of thiazole rings is 1. The molecule has 2 aromatic heterocycles. The summed E-state index contributed by atoms with van der Waals surface area (Å²) in [5.41, 5.74) is 0.823. The topological polar surface area (TPSA) is 46.1 Å². The van der Waals surface area contributed by atoms with Gasteiger partial charge in [0.05, 0.1) is 20.6 Å². The van der Waals surface area contributed by atoms with E-state index in [2.05, 4.69) is 9.36 Å². The van der Waals surface area contributed by atoms with Crippen molar-refractivity contribution in [2.75, 3.05) is 13.1 Å². The van der Waals surface area contributed by atoms with Crippen LogP contribution >= 0.6 is 46.1 Å². The lowest BCUT2D eigenvalue weighted by molar-refractivity contribution is -0.130. The summed E-state index contributed by atoms with van der Waals surface area (Å²) < 4.78 is 4.04. The van der Waals surface area contributed by atoms with Crippen LogP contribution in [0.1, 0.15) is 30.7 Å². The summed E-state index contributed by atoms with van der Waals surface area (Å²) in [6, 6.07) is 0. The molecule has 0 aliphatic carbocycles. The second-order valence-corrected chi connectivity index (χ2v) is 7.39. The molecule has 1 aliphatic heterocycles. The highest BCUT2D eigenvalue weighted by molar-refractivity contribution is 7.12. The highest BCUT2D eigenvalue weighted by Crippen LogP contribution is 2.39. The maximum atomic E-state index is 11.5. The van der Waals surface area contributed by atoms with Crippen molar-refractivity contribution in [1.82, 2.24) is 14.3 Å². The third kappa shape index (κ3) is 3.08. The second kappa shape index (κ2) is 6.20. The molecule has 0 aromatic carbocycles. The molecule has 8 heteroatoms. The molecule has 1 saturated heterocycles. The lowest BCUT2D eigenvalue weighted by Crippen LogP contribution is -2.37. The van der Waals surface area contributed by atoms with E-state index in [1.807, 2.05) is 10.3 Å². The number of piperidine rings is 1.